The number of anilines is 1. The summed E-state index contributed by atoms with van der Waals surface area (Å²) >= 11 is 0. The lowest BCUT2D eigenvalue weighted by molar-refractivity contribution is 0.107. The van der Waals surface area contributed by atoms with Gasteiger partial charge >= 0.3 is 0 Å². The van der Waals surface area contributed by atoms with Gasteiger partial charge in [-0.05, 0) is 31.4 Å². The van der Waals surface area contributed by atoms with E-state index in [0.717, 1.165) is 12.8 Å². The molecule has 0 aromatic heterocycles. The number of nitrogens with one attached hydrogen (secondary N) is 2. The van der Waals surface area contributed by atoms with Crippen LogP contribution in [0.5, 0.6) is 0 Å². The molecule has 1 aromatic rings. The first-order valence-electron chi connectivity index (χ1n) is 6.17. The molecule has 0 bridgehead atoms. The quantitative estimate of drug-likeness (QED) is 0.550. The molecular formula is C12H19N3O3S. The molecule has 2 atom stereocenters. The summed E-state index contributed by atoms with van der Waals surface area (Å²) in [6.07, 6.45) is 2.50. The standard InChI is InChI=1S/C12H19N3O3S/c1-18-10-7-6-9(8-10)15-19(16,17)12-5-3-2-4-11(12)14-13/h2-5,9-10,14-15H,6-8,13H2,1H3. The van der Waals surface area contributed by atoms with E-state index in [1.165, 1.54) is 6.07 Å². The van der Waals surface area contributed by atoms with Crippen molar-refractivity contribution in [1.82, 2.24) is 4.72 Å². The topological polar surface area (TPSA) is 93.4 Å². The maximum absolute atomic E-state index is 12.3. The monoisotopic (exact) mass is 285 g/mol. The highest BCUT2D eigenvalue weighted by molar-refractivity contribution is 7.89. The Labute approximate surface area is 113 Å². The molecule has 19 heavy (non-hydrogen) atoms. The Hall–Kier alpha value is -1.15. The summed E-state index contributed by atoms with van der Waals surface area (Å²) in [6, 6.07) is 6.47. The van der Waals surface area contributed by atoms with Gasteiger partial charge in [-0.25, -0.2) is 13.1 Å². The Morgan fingerprint density at radius 2 is 2.05 bits per heavy atom. The molecule has 1 aromatic carbocycles. The number of para-hydroxylation sites is 1. The lowest BCUT2D eigenvalue weighted by atomic mass is 10.3. The molecule has 2 unspecified atom stereocenters. The second-order valence-corrected chi connectivity index (χ2v) is 6.31. The van der Waals surface area contributed by atoms with Crippen molar-refractivity contribution in [2.24, 2.45) is 5.84 Å². The van der Waals surface area contributed by atoms with Crippen LogP contribution in [0.3, 0.4) is 0 Å². The second-order valence-electron chi connectivity index (χ2n) is 4.63. The summed E-state index contributed by atoms with van der Waals surface area (Å²) in [5, 5.41) is 0. The molecular weight excluding hydrogens is 266 g/mol. The summed E-state index contributed by atoms with van der Waals surface area (Å²) in [6.45, 7) is 0. The number of rotatable bonds is 5. The van der Waals surface area contributed by atoms with E-state index in [2.05, 4.69) is 10.1 Å². The van der Waals surface area contributed by atoms with Crippen LogP contribution in [0, 0.1) is 0 Å². The van der Waals surface area contributed by atoms with E-state index < -0.39 is 10.0 Å². The zero-order chi connectivity index (χ0) is 13.9. The largest absolute Gasteiger partial charge is 0.381 e. The van der Waals surface area contributed by atoms with Gasteiger partial charge in [0.05, 0.1) is 11.8 Å². The third-order valence-electron chi connectivity index (χ3n) is 3.37. The van der Waals surface area contributed by atoms with Crippen molar-refractivity contribution >= 4 is 15.7 Å². The van der Waals surface area contributed by atoms with Crippen LogP contribution in [0.25, 0.3) is 0 Å². The Bertz CT molecular complexity index is 533. The van der Waals surface area contributed by atoms with E-state index in [0.29, 0.717) is 12.1 Å². The van der Waals surface area contributed by atoms with Gasteiger partial charge in [0, 0.05) is 13.2 Å². The molecule has 1 aliphatic rings. The number of nitrogens with two attached hydrogens (primary N) is 1. The van der Waals surface area contributed by atoms with Crippen molar-refractivity contribution in [3.63, 3.8) is 0 Å². The van der Waals surface area contributed by atoms with Crippen molar-refractivity contribution in [2.45, 2.75) is 36.3 Å². The van der Waals surface area contributed by atoms with Crippen molar-refractivity contribution in [3.8, 4) is 0 Å². The first-order valence-corrected chi connectivity index (χ1v) is 7.66. The van der Waals surface area contributed by atoms with Gasteiger partial charge in [-0.15, -0.1) is 0 Å². The van der Waals surface area contributed by atoms with Gasteiger partial charge < -0.3 is 10.2 Å². The molecule has 2 rings (SSSR count). The van der Waals surface area contributed by atoms with Crippen molar-refractivity contribution in [3.05, 3.63) is 24.3 Å². The second kappa shape index (κ2) is 5.87. The Balaban J connectivity index is 2.15. The van der Waals surface area contributed by atoms with Crippen LogP contribution in [-0.2, 0) is 14.8 Å². The average molecular weight is 285 g/mol. The van der Waals surface area contributed by atoms with Gasteiger partial charge in [-0.3, -0.25) is 5.84 Å². The Kier molecular flexibility index (Phi) is 4.41. The molecule has 106 valence electrons. The first kappa shape index (κ1) is 14.3. The highest BCUT2D eigenvalue weighted by atomic mass is 32.2. The number of hydrogen-bond donors (Lipinski definition) is 3. The Morgan fingerprint density at radius 1 is 1.32 bits per heavy atom. The summed E-state index contributed by atoms with van der Waals surface area (Å²) in [5.41, 5.74) is 2.79. The van der Waals surface area contributed by atoms with Gasteiger partial charge in [0.15, 0.2) is 0 Å². The zero-order valence-electron chi connectivity index (χ0n) is 10.8. The van der Waals surface area contributed by atoms with Crippen LogP contribution in [-0.4, -0.2) is 27.7 Å². The predicted molar refractivity (Wildman–Crippen MR) is 73.0 cm³/mol. The minimum Gasteiger partial charge on any atom is -0.381 e. The molecule has 0 heterocycles. The molecule has 0 aliphatic heterocycles. The summed E-state index contributed by atoms with van der Waals surface area (Å²) in [7, 11) is -1.92. The van der Waals surface area contributed by atoms with Crippen molar-refractivity contribution < 1.29 is 13.2 Å². The van der Waals surface area contributed by atoms with Crippen molar-refractivity contribution in [1.29, 1.82) is 0 Å². The fourth-order valence-corrected chi connectivity index (χ4v) is 3.82. The number of sulfonamides is 1. The number of benzene rings is 1. The molecule has 7 heteroatoms. The zero-order valence-corrected chi connectivity index (χ0v) is 11.6. The fraction of sp³-hybridized carbons (Fsp3) is 0.500. The fourth-order valence-electron chi connectivity index (χ4n) is 2.36. The normalized spacial score (nSPS) is 23.5. The molecule has 0 radical (unpaired) electrons. The highest BCUT2D eigenvalue weighted by Crippen LogP contribution is 2.25. The van der Waals surface area contributed by atoms with E-state index in [-0.39, 0.29) is 17.0 Å². The Morgan fingerprint density at radius 3 is 2.68 bits per heavy atom. The summed E-state index contributed by atoms with van der Waals surface area (Å²) in [4.78, 5) is 0.165. The van der Waals surface area contributed by atoms with E-state index in [1.807, 2.05) is 0 Å². The van der Waals surface area contributed by atoms with Crippen LogP contribution in [0.2, 0.25) is 0 Å². The maximum Gasteiger partial charge on any atom is 0.242 e. The van der Waals surface area contributed by atoms with Gasteiger partial charge in [0.1, 0.15) is 4.90 Å². The minimum atomic E-state index is -3.57. The van der Waals surface area contributed by atoms with Gasteiger partial charge in [0.25, 0.3) is 0 Å². The third kappa shape index (κ3) is 3.24. The average Bonchev–Trinajstić information content (AvgIpc) is 2.85. The van der Waals surface area contributed by atoms with Crippen molar-refractivity contribution in [2.75, 3.05) is 12.5 Å². The molecule has 0 amide bonds. The number of hydrogen-bond acceptors (Lipinski definition) is 5. The SMILES string of the molecule is COC1CCC(NS(=O)(=O)c2ccccc2NN)C1. The minimum absolute atomic E-state index is 0.0826. The lowest BCUT2D eigenvalue weighted by Crippen LogP contribution is -2.34. The van der Waals surface area contributed by atoms with E-state index >= 15 is 0 Å². The number of ether oxygens (including phenoxy) is 1. The summed E-state index contributed by atoms with van der Waals surface area (Å²) < 4.78 is 32.6. The molecule has 6 nitrogen and oxygen atoms in total. The first-order chi connectivity index (χ1) is 9.06. The lowest BCUT2D eigenvalue weighted by Gasteiger charge is -2.15. The highest BCUT2D eigenvalue weighted by Gasteiger charge is 2.29. The molecule has 1 saturated carbocycles. The molecule has 0 spiro atoms. The van der Waals surface area contributed by atoms with Gasteiger partial charge in [-0.2, -0.15) is 0 Å². The number of nitrogen functional groups attached to an aromatic ring is 1. The summed E-state index contributed by atoms with van der Waals surface area (Å²) in [5.74, 6) is 5.34. The molecule has 4 N–H and O–H groups in total. The van der Waals surface area contributed by atoms with E-state index in [9.17, 15) is 8.42 Å². The molecule has 1 fully saturated rings. The predicted octanol–water partition coefficient (Wildman–Crippen LogP) is 0.818. The van der Waals surface area contributed by atoms with E-state index in [1.54, 1.807) is 25.3 Å². The van der Waals surface area contributed by atoms with Crippen LogP contribution in [0.1, 0.15) is 19.3 Å². The number of methoxy groups -OCH3 is 1. The van der Waals surface area contributed by atoms with Gasteiger partial charge in [-0.1, -0.05) is 12.1 Å². The smallest absolute Gasteiger partial charge is 0.242 e. The van der Waals surface area contributed by atoms with Gasteiger partial charge in [0.2, 0.25) is 10.0 Å². The van der Waals surface area contributed by atoms with E-state index in [4.69, 9.17) is 10.6 Å². The maximum atomic E-state index is 12.3. The third-order valence-corrected chi connectivity index (χ3v) is 4.95. The van der Waals surface area contributed by atoms with Crippen LogP contribution in [0.15, 0.2) is 29.2 Å². The number of hydrazine groups is 1. The van der Waals surface area contributed by atoms with Crippen LogP contribution >= 0.6 is 0 Å². The molecule has 0 saturated heterocycles. The van der Waals surface area contributed by atoms with Crippen LogP contribution in [0.4, 0.5) is 5.69 Å². The van der Waals surface area contributed by atoms with Crippen LogP contribution < -0.4 is 16.0 Å². The molecule has 1 aliphatic carbocycles.